The van der Waals surface area contributed by atoms with Gasteiger partial charge in [-0.3, -0.25) is 0 Å². The van der Waals surface area contributed by atoms with E-state index in [1.807, 2.05) is 12.3 Å². The summed E-state index contributed by atoms with van der Waals surface area (Å²) in [7, 11) is 0. The topological polar surface area (TPSA) is 28.2 Å². The maximum atomic E-state index is 4.26. The first kappa shape index (κ1) is 14.8. The first-order valence-corrected chi connectivity index (χ1v) is 8.08. The second kappa shape index (κ2) is 7.25. The summed E-state index contributed by atoms with van der Waals surface area (Å²) in [6.45, 7) is 8.32. The Morgan fingerprint density at radius 1 is 1.42 bits per heavy atom. The van der Waals surface area contributed by atoms with Crippen LogP contribution in [0, 0.1) is 5.92 Å². The summed E-state index contributed by atoms with van der Waals surface area (Å²) in [5.74, 6) is 0.775. The molecule has 4 heteroatoms. The van der Waals surface area contributed by atoms with E-state index in [4.69, 9.17) is 0 Å². The lowest BCUT2D eigenvalue weighted by atomic mass is 9.90. The zero-order chi connectivity index (χ0) is 13.7. The largest absolute Gasteiger partial charge is 0.381 e. The number of pyridine rings is 1. The van der Waals surface area contributed by atoms with Gasteiger partial charge in [-0.25, -0.2) is 4.98 Å². The predicted molar refractivity (Wildman–Crippen MR) is 84.5 cm³/mol. The van der Waals surface area contributed by atoms with E-state index in [0.717, 1.165) is 16.2 Å². The van der Waals surface area contributed by atoms with E-state index >= 15 is 0 Å². The molecule has 1 aromatic rings. The summed E-state index contributed by atoms with van der Waals surface area (Å²) in [4.78, 5) is 6.85. The van der Waals surface area contributed by atoms with Gasteiger partial charge >= 0.3 is 0 Å². The molecular formula is C15H24BrN3. The Bertz CT molecular complexity index is 371. The lowest BCUT2D eigenvalue weighted by molar-refractivity contribution is 0.176. The Balaban J connectivity index is 1.81. The summed E-state index contributed by atoms with van der Waals surface area (Å²) in [5.41, 5.74) is 1.12. The summed E-state index contributed by atoms with van der Waals surface area (Å²) >= 11 is 3.37. The van der Waals surface area contributed by atoms with Crippen LogP contribution in [0.1, 0.15) is 33.1 Å². The first-order valence-electron chi connectivity index (χ1n) is 7.29. The fourth-order valence-electron chi connectivity index (χ4n) is 2.83. The van der Waals surface area contributed by atoms with Crippen LogP contribution in [0.3, 0.4) is 0 Å². The monoisotopic (exact) mass is 325 g/mol. The van der Waals surface area contributed by atoms with Crippen molar-refractivity contribution in [3.63, 3.8) is 0 Å². The molecule has 0 amide bonds. The summed E-state index contributed by atoms with van der Waals surface area (Å²) < 4.78 is 0.888. The molecule has 0 aliphatic carbocycles. The van der Waals surface area contributed by atoms with Gasteiger partial charge in [0.25, 0.3) is 0 Å². The van der Waals surface area contributed by atoms with Crippen molar-refractivity contribution in [2.24, 2.45) is 5.92 Å². The molecule has 1 fully saturated rings. The van der Waals surface area contributed by atoms with Crippen LogP contribution in [0.25, 0.3) is 0 Å². The highest BCUT2D eigenvalue weighted by atomic mass is 79.9. The Morgan fingerprint density at radius 3 is 2.74 bits per heavy atom. The number of aromatic nitrogens is 1. The van der Waals surface area contributed by atoms with Crippen molar-refractivity contribution in [1.29, 1.82) is 0 Å². The third-order valence-electron chi connectivity index (χ3n) is 4.00. The second-order valence-electron chi connectivity index (χ2n) is 5.48. The molecule has 1 aliphatic heterocycles. The Kier molecular flexibility index (Phi) is 5.64. The van der Waals surface area contributed by atoms with E-state index in [1.165, 1.54) is 38.9 Å². The molecule has 0 aromatic carbocycles. The van der Waals surface area contributed by atoms with Crippen LogP contribution in [0.5, 0.6) is 0 Å². The van der Waals surface area contributed by atoms with Crippen LogP contribution >= 0.6 is 15.9 Å². The van der Waals surface area contributed by atoms with E-state index in [2.05, 4.69) is 51.0 Å². The number of halogens is 1. The van der Waals surface area contributed by atoms with Crippen molar-refractivity contribution in [3.05, 3.63) is 22.9 Å². The van der Waals surface area contributed by atoms with Gasteiger partial charge < -0.3 is 10.2 Å². The predicted octanol–water partition coefficient (Wildman–Crippen LogP) is 3.77. The number of hydrogen-bond donors (Lipinski definition) is 1. The average molecular weight is 326 g/mol. The minimum Gasteiger partial charge on any atom is -0.381 e. The van der Waals surface area contributed by atoms with E-state index in [0.29, 0.717) is 6.04 Å². The standard InChI is InChI=1S/C15H24BrN3/c1-3-8-19-9-6-13(7-10-19)12(2)18-14-4-5-15(16)17-11-14/h4-5,11-13,18H,3,6-10H2,1-2H3. The molecule has 0 bridgehead atoms. The highest BCUT2D eigenvalue weighted by molar-refractivity contribution is 9.10. The highest BCUT2D eigenvalue weighted by Crippen LogP contribution is 2.23. The average Bonchev–Trinajstić information content (AvgIpc) is 2.42. The van der Waals surface area contributed by atoms with Crippen molar-refractivity contribution in [3.8, 4) is 0 Å². The van der Waals surface area contributed by atoms with Crippen LogP contribution in [-0.4, -0.2) is 35.6 Å². The lowest BCUT2D eigenvalue weighted by Crippen LogP contribution is -2.39. The summed E-state index contributed by atoms with van der Waals surface area (Å²) in [5, 5.41) is 3.58. The second-order valence-corrected chi connectivity index (χ2v) is 6.29. The number of piperidine rings is 1. The third kappa shape index (κ3) is 4.46. The molecule has 0 spiro atoms. The molecule has 2 heterocycles. The molecule has 2 rings (SSSR count). The minimum absolute atomic E-state index is 0.520. The van der Waals surface area contributed by atoms with Crippen molar-refractivity contribution in [2.75, 3.05) is 25.0 Å². The maximum absolute atomic E-state index is 4.26. The van der Waals surface area contributed by atoms with Gasteiger partial charge in [0.05, 0.1) is 11.9 Å². The van der Waals surface area contributed by atoms with E-state index in [-0.39, 0.29) is 0 Å². The van der Waals surface area contributed by atoms with Gasteiger partial charge in [0.15, 0.2) is 0 Å². The Morgan fingerprint density at radius 2 is 2.16 bits per heavy atom. The molecule has 1 atom stereocenters. The van der Waals surface area contributed by atoms with E-state index < -0.39 is 0 Å². The molecule has 1 N–H and O–H groups in total. The number of likely N-dealkylation sites (tertiary alicyclic amines) is 1. The number of hydrogen-bond acceptors (Lipinski definition) is 3. The quantitative estimate of drug-likeness (QED) is 0.835. The van der Waals surface area contributed by atoms with Gasteiger partial charge in [-0.15, -0.1) is 0 Å². The normalized spacial score (nSPS) is 19.3. The number of nitrogens with zero attached hydrogens (tertiary/aromatic N) is 2. The summed E-state index contributed by atoms with van der Waals surface area (Å²) in [6.07, 6.45) is 5.77. The molecule has 106 valence electrons. The van der Waals surface area contributed by atoms with E-state index in [9.17, 15) is 0 Å². The van der Waals surface area contributed by atoms with E-state index in [1.54, 1.807) is 0 Å². The molecule has 1 aromatic heterocycles. The highest BCUT2D eigenvalue weighted by Gasteiger charge is 2.23. The van der Waals surface area contributed by atoms with Crippen molar-refractivity contribution in [1.82, 2.24) is 9.88 Å². The van der Waals surface area contributed by atoms with Crippen LogP contribution in [0.15, 0.2) is 22.9 Å². The zero-order valence-electron chi connectivity index (χ0n) is 11.9. The van der Waals surface area contributed by atoms with Gasteiger partial charge in [-0.05, 0) is 79.8 Å². The van der Waals surface area contributed by atoms with Crippen LogP contribution < -0.4 is 5.32 Å². The van der Waals surface area contributed by atoms with Gasteiger partial charge in [0, 0.05) is 6.04 Å². The molecule has 3 nitrogen and oxygen atoms in total. The number of nitrogens with one attached hydrogen (secondary N) is 1. The third-order valence-corrected chi connectivity index (χ3v) is 4.47. The molecule has 1 unspecified atom stereocenters. The van der Waals surface area contributed by atoms with Crippen LogP contribution in [0.4, 0.5) is 5.69 Å². The Hall–Kier alpha value is -0.610. The van der Waals surface area contributed by atoms with Crippen LogP contribution in [-0.2, 0) is 0 Å². The fourth-order valence-corrected chi connectivity index (χ4v) is 3.07. The SMILES string of the molecule is CCCN1CCC(C(C)Nc2ccc(Br)nc2)CC1. The maximum Gasteiger partial charge on any atom is 0.106 e. The number of anilines is 1. The summed E-state index contributed by atoms with van der Waals surface area (Å²) in [6, 6.07) is 4.59. The Labute approximate surface area is 124 Å². The van der Waals surface area contributed by atoms with Crippen LogP contribution in [0.2, 0.25) is 0 Å². The lowest BCUT2D eigenvalue weighted by Gasteiger charge is -2.35. The minimum atomic E-state index is 0.520. The molecule has 0 saturated carbocycles. The van der Waals surface area contributed by atoms with Crippen molar-refractivity contribution in [2.45, 2.75) is 39.2 Å². The molecular weight excluding hydrogens is 302 g/mol. The van der Waals surface area contributed by atoms with Crippen molar-refractivity contribution >= 4 is 21.6 Å². The van der Waals surface area contributed by atoms with Gasteiger partial charge in [-0.2, -0.15) is 0 Å². The molecule has 0 radical (unpaired) electrons. The fraction of sp³-hybridized carbons (Fsp3) is 0.667. The molecule has 19 heavy (non-hydrogen) atoms. The van der Waals surface area contributed by atoms with Gasteiger partial charge in [-0.1, -0.05) is 6.92 Å². The van der Waals surface area contributed by atoms with Gasteiger partial charge in [0.2, 0.25) is 0 Å². The smallest absolute Gasteiger partial charge is 0.106 e. The molecule has 1 saturated heterocycles. The van der Waals surface area contributed by atoms with Gasteiger partial charge in [0.1, 0.15) is 4.60 Å². The van der Waals surface area contributed by atoms with Crippen molar-refractivity contribution < 1.29 is 0 Å². The zero-order valence-corrected chi connectivity index (χ0v) is 13.5. The first-order chi connectivity index (χ1) is 9.19. The number of rotatable bonds is 5. The molecule has 1 aliphatic rings.